The first-order chi connectivity index (χ1) is 8.63. The lowest BCUT2D eigenvalue weighted by Gasteiger charge is -2.07. The van der Waals surface area contributed by atoms with Crippen LogP contribution >= 0.6 is 27.3 Å². The van der Waals surface area contributed by atoms with Crippen molar-refractivity contribution in [3.05, 3.63) is 45.2 Å². The SMILES string of the molecule is N#Cc1ccsc1NC(=O)c1cccc(N)c1Br. The second-order valence-corrected chi connectivity index (χ2v) is 5.15. The molecule has 0 aliphatic carbocycles. The van der Waals surface area contributed by atoms with E-state index in [1.54, 1.807) is 29.6 Å². The van der Waals surface area contributed by atoms with E-state index in [0.29, 0.717) is 26.3 Å². The lowest BCUT2D eigenvalue weighted by Crippen LogP contribution is -2.13. The van der Waals surface area contributed by atoms with Gasteiger partial charge in [-0.2, -0.15) is 5.26 Å². The molecule has 0 fully saturated rings. The summed E-state index contributed by atoms with van der Waals surface area (Å²) in [6.45, 7) is 0. The molecular formula is C12H8BrN3OS. The number of benzene rings is 1. The Balaban J connectivity index is 2.29. The Bertz CT molecular complexity index is 645. The Hall–Kier alpha value is -1.84. The standard InChI is InChI=1S/C12H8BrN3OS/c13-10-8(2-1-3-9(10)15)11(17)16-12-7(6-14)4-5-18-12/h1-5H,15H2,(H,16,17). The van der Waals surface area contributed by atoms with Gasteiger partial charge in [0.1, 0.15) is 11.1 Å². The highest BCUT2D eigenvalue weighted by Gasteiger charge is 2.14. The number of nitrogens with one attached hydrogen (secondary N) is 1. The molecule has 0 aliphatic rings. The van der Waals surface area contributed by atoms with Crippen molar-refractivity contribution in [2.24, 2.45) is 0 Å². The van der Waals surface area contributed by atoms with Crippen LogP contribution in [0, 0.1) is 11.3 Å². The largest absolute Gasteiger partial charge is 0.398 e. The van der Waals surface area contributed by atoms with E-state index >= 15 is 0 Å². The van der Waals surface area contributed by atoms with Crippen LogP contribution in [0.3, 0.4) is 0 Å². The fourth-order valence-corrected chi connectivity index (χ4v) is 2.57. The Morgan fingerprint density at radius 2 is 2.22 bits per heavy atom. The molecule has 0 atom stereocenters. The van der Waals surface area contributed by atoms with Crippen LogP contribution in [0.1, 0.15) is 15.9 Å². The van der Waals surface area contributed by atoms with Crippen molar-refractivity contribution >= 4 is 43.9 Å². The minimum atomic E-state index is -0.298. The van der Waals surface area contributed by atoms with Crippen LogP contribution in [-0.4, -0.2) is 5.91 Å². The zero-order chi connectivity index (χ0) is 13.1. The molecule has 2 aromatic rings. The van der Waals surface area contributed by atoms with Crippen LogP contribution < -0.4 is 11.1 Å². The summed E-state index contributed by atoms with van der Waals surface area (Å²) >= 11 is 4.58. The van der Waals surface area contributed by atoms with E-state index in [2.05, 4.69) is 21.2 Å². The number of nitrogen functional groups attached to an aromatic ring is 1. The normalized spacial score (nSPS) is 9.78. The van der Waals surface area contributed by atoms with Crippen LogP contribution in [0.25, 0.3) is 0 Å². The van der Waals surface area contributed by atoms with Crippen molar-refractivity contribution in [2.45, 2.75) is 0 Å². The number of anilines is 2. The summed E-state index contributed by atoms with van der Waals surface area (Å²) in [5.74, 6) is -0.298. The van der Waals surface area contributed by atoms with Crippen molar-refractivity contribution in [3.63, 3.8) is 0 Å². The summed E-state index contributed by atoms with van der Waals surface area (Å²) in [6.07, 6.45) is 0. The van der Waals surface area contributed by atoms with Gasteiger partial charge in [0, 0.05) is 5.69 Å². The van der Waals surface area contributed by atoms with Crippen molar-refractivity contribution < 1.29 is 4.79 Å². The third-order valence-corrected chi connectivity index (χ3v) is 4.00. The number of nitrogens with zero attached hydrogens (tertiary/aromatic N) is 1. The van der Waals surface area contributed by atoms with E-state index in [4.69, 9.17) is 11.0 Å². The van der Waals surface area contributed by atoms with Crippen molar-refractivity contribution in [3.8, 4) is 6.07 Å². The molecule has 18 heavy (non-hydrogen) atoms. The average Bonchev–Trinajstić information content (AvgIpc) is 2.79. The number of carbonyl (C=O) groups excluding carboxylic acids is 1. The predicted molar refractivity (Wildman–Crippen MR) is 75.5 cm³/mol. The lowest BCUT2D eigenvalue weighted by molar-refractivity contribution is 0.102. The Morgan fingerprint density at radius 3 is 2.94 bits per heavy atom. The van der Waals surface area contributed by atoms with E-state index in [-0.39, 0.29) is 5.91 Å². The van der Waals surface area contributed by atoms with E-state index in [9.17, 15) is 4.79 Å². The predicted octanol–water partition coefficient (Wildman–Crippen LogP) is 3.22. The zero-order valence-electron chi connectivity index (χ0n) is 9.11. The van der Waals surface area contributed by atoms with Gasteiger partial charge >= 0.3 is 0 Å². The summed E-state index contributed by atoms with van der Waals surface area (Å²) in [4.78, 5) is 12.1. The molecule has 1 aromatic heterocycles. The van der Waals surface area contributed by atoms with Gasteiger partial charge in [-0.25, -0.2) is 0 Å². The fraction of sp³-hybridized carbons (Fsp3) is 0. The van der Waals surface area contributed by atoms with Gasteiger partial charge in [-0.05, 0) is 39.5 Å². The molecule has 1 heterocycles. The number of rotatable bonds is 2. The number of thiophene rings is 1. The Kier molecular flexibility index (Phi) is 3.65. The number of hydrogen-bond acceptors (Lipinski definition) is 4. The number of hydrogen-bond donors (Lipinski definition) is 2. The Labute approximate surface area is 116 Å². The monoisotopic (exact) mass is 321 g/mol. The summed E-state index contributed by atoms with van der Waals surface area (Å²) < 4.78 is 0.553. The van der Waals surface area contributed by atoms with Crippen LogP contribution in [0.5, 0.6) is 0 Å². The van der Waals surface area contributed by atoms with Crippen molar-refractivity contribution in [1.29, 1.82) is 5.26 Å². The maximum Gasteiger partial charge on any atom is 0.257 e. The fourth-order valence-electron chi connectivity index (χ4n) is 1.39. The first-order valence-corrected chi connectivity index (χ1v) is 6.63. The highest BCUT2D eigenvalue weighted by molar-refractivity contribution is 9.10. The summed E-state index contributed by atoms with van der Waals surface area (Å²) in [5.41, 5.74) is 7.10. The minimum Gasteiger partial charge on any atom is -0.398 e. The highest BCUT2D eigenvalue weighted by Crippen LogP contribution is 2.27. The molecule has 0 spiro atoms. The zero-order valence-corrected chi connectivity index (χ0v) is 11.5. The molecule has 2 rings (SSSR count). The highest BCUT2D eigenvalue weighted by atomic mass is 79.9. The molecule has 0 saturated heterocycles. The van der Waals surface area contributed by atoms with Gasteiger partial charge < -0.3 is 11.1 Å². The topological polar surface area (TPSA) is 78.9 Å². The molecule has 0 radical (unpaired) electrons. The van der Waals surface area contributed by atoms with E-state index in [0.717, 1.165) is 0 Å². The summed E-state index contributed by atoms with van der Waals surface area (Å²) in [7, 11) is 0. The summed E-state index contributed by atoms with van der Waals surface area (Å²) in [5, 5.41) is 13.9. The molecule has 4 nitrogen and oxygen atoms in total. The average molecular weight is 322 g/mol. The second-order valence-electron chi connectivity index (χ2n) is 3.44. The third-order valence-electron chi connectivity index (χ3n) is 2.29. The van der Waals surface area contributed by atoms with E-state index < -0.39 is 0 Å². The molecule has 3 N–H and O–H groups in total. The van der Waals surface area contributed by atoms with Gasteiger partial charge in [-0.3, -0.25) is 4.79 Å². The third kappa shape index (κ3) is 2.37. The van der Waals surface area contributed by atoms with Gasteiger partial charge in [0.05, 0.1) is 15.6 Å². The molecule has 0 aliphatic heterocycles. The molecule has 0 unspecified atom stereocenters. The molecule has 90 valence electrons. The first kappa shape index (κ1) is 12.6. The maximum absolute atomic E-state index is 12.1. The summed E-state index contributed by atoms with van der Waals surface area (Å²) in [6, 6.07) is 8.75. The van der Waals surface area contributed by atoms with Crippen LogP contribution in [0.4, 0.5) is 10.7 Å². The van der Waals surface area contributed by atoms with E-state index in [1.165, 1.54) is 11.3 Å². The Morgan fingerprint density at radius 1 is 1.44 bits per heavy atom. The van der Waals surface area contributed by atoms with E-state index in [1.807, 2.05) is 6.07 Å². The maximum atomic E-state index is 12.1. The van der Waals surface area contributed by atoms with Crippen LogP contribution in [-0.2, 0) is 0 Å². The number of nitrogens with two attached hydrogens (primary N) is 1. The quantitative estimate of drug-likeness (QED) is 0.833. The van der Waals surface area contributed by atoms with Crippen molar-refractivity contribution in [2.75, 3.05) is 11.1 Å². The van der Waals surface area contributed by atoms with Crippen LogP contribution in [0.15, 0.2) is 34.1 Å². The molecule has 0 bridgehead atoms. The smallest absolute Gasteiger partial charge is 0.257 e. The number of nitriles is 1. The number of halogens is 1. The van der Waals surface area contributed by atoms with Crippen molar-refractivity contribution in [1.82, 2.24) is 0 Å². The molecular weight excluding hydrogens is 314 g/mol. The minimum absolute atomic E-state index is 0.298. The van der Waals surface area contributed by atoms with Gasteiger partial charge in [0.2, 0.25) is 0 Å². The number of amides is 1. The molecule has 1 aromatic carbocycles. The molecule has 1 amide bonds. The van der Waals surface area contributed by atoms with Gasteiger partial charge in [0.25, 0.3) is 5.91 Å². The first-order valence-electron chi connectivity index (χ1n) is 4.96. The molecule has 6 heteroatoms. The van der Waals surface area contributed by atoms with Gasteiger partial charge in [-0.15, -0.1) is 11.3 Å². The molecule has 0 saturated carbocycles. The second kappa shape index (κ2) is 5.21. The lowest BCUT2D eigenvalue weighted by atomic mass is 10.2. The van der Waals surface area contributed by atoms with Gasteiger partial charge in [-0.1, -0.05) is 6.07 Å². The van der Waals surface area contributed by atoms with Gasteiger partial charge in [0.15, 0.2) is 0 Å². The van der Waals surface area contributed by atoms with Crippen LogP contribution in [0.2, 0.25) is 0 Å². The number of carbonyl (C=O) groups is 1.